The second-order valence-corrected chi connectivity index (χ2v) is 7.67. The lowest BCUT2D eigenvalue weighted by Gasteiger charge is -2.36. The Labute approximate surface area is 175 Å². The molecule has 1 aliphatic heterocycles. The smallest absolute Gasteiger partial charge is 0.351 e. The topological polar surface area (TPSA) is 93.5 Å². The lowest BCUT2D eigenvalue weighted by Crippen LogP contribution is -2.49. The number of aromatic nitrogens is 4. The van der Waals surface area contributed by atoms with Crippen molar-refractivity contribution in [2.45, 2.75) is 0 Å². The van der Waals surface area contributed by atoms with Gasteiger partial charge >= 0.3 is 5.97 Å². The molecule has 1 amide bonds. The maximum Gasteiger partial charge on any atom is 0.351 e. The summed E-state index contributed by atoms with van der Waals surface area (Å²) in [5.41, 5.74) is 1.55. The Balaban J connectivity index is 1.30. The van der Waals surface area contributed by atoms with Crippen molar-refractivity contribution in [1.82, 2.24) is 25.1 Å². The van der Waals surface area contributed by atoms with Crippen LogP contribution >= 0.6 is 22.9 Å². The van der Waals surface area contributed by atoms with Crippen molar-refractivity contribution in [3.05, 3.63) is 51.9 Å². The average molecular weight is 433 g/mol. The van der Waals surface area contributed by atoms with E-state index < -0.39 is 5.97 Å². The monoisotopic (exact) mass is 432 g/mol. The largest absolute Gasteiger partial charge is 0.451 e. The fourth-order valence-corrected chi connectivity index (χ4v) is 4.03. The molecule has 11 heteroatoms. The van der Waals surface area contributed by atoms with E-state index in [1.807, 2.05) is 24.3 Å². The number of thiophene rings is 1. The highest BCUT2D eigenvalue weighted by molar-refractivity contribution is 7.12. The van der Waals surface area contributed by atoms with Crippen molar-refractivity contribution >= 4 is 40.5 Å². The highest BCUT2D eigenvalue weighted by atomic mass is 35.5. The molecule has 1 fully saturated rings. The van der Waals surface area contributed by atoms with Gasteiger partial charge in [0.1, 0.15) is 11.2 Å². The maximum atomic E-state index is 12.5. The molecule has 0 N–H and O–H groups in total. The summed E-state index contributed by atoms with van der Waals surface area (Å²) in [5.74, 6) is -0.791. The van der Waals surface area contributed by atoms with Gasteiger partial charge < -0.3 is 14.5 Å². The van der Waals surface area contributed by atoms with Crippen LogP contribution in [0.2, 0.25) is 5.02 Å². The molecule has 3 heterocycles. The van der Waals surface area contributed by atoms with E-state index in [9.17, 15) is 9.59 Å². The van der Waals surface area contributed by atoms with Crippen molar-refractivity contribution in [3.63, 3.8) is 0 Å². The molecule has 150 valence electrons. The second-order valence-electron chi connectivity index (χ2n) is 6.31. The van der Waals surface area contributed by atoms with E-state index in [1.165, 1.54) is 22.3 Å². The average Bonchev–Trinajstić information content (AvgIpc) is 3.43. The number of carbonyl (C=O) groups is 2. The molecule has 3 aromatic rings. The van der Waals surface area contributed by atoms with Gasteiger partial charge in [-0.1, -0.05) is 17.7 Å². The first-order chi connectivity index (χ1) is 14.1. The number of ether oxygens (including phenoxy) is 1. The summed E-state index contributed by atoms with van der Waals surface area (Å²) in [7, 11) is 0. The third kappa shape index (κ3) is 4.38. The van der Waals surface area contributed by atoms with E-state index in [2.05, 4.69) is 20.4 Å². The predicted octanol–water partition coefficient (Wildman–Crippen LogP) is 1.88. The molecule has 29 heavy (non-hydrogen) atoms. The quantitative estimate of drug-likeness (QED) is 0.568. The van der Waals surface area contributed by atoms with Crippen LogP contribution in [0.1, 0.15) is 9.67 Å². The number of tetrazole rings is 1. The first kappa shape index (κ1) is 19.3. The van der Waals surface area contributed by atoms with Crippen molar-refractivity contribution < 1.29 is 14.3 Å². The molecular weight excluding hydrogens is 416 g/mol. The van der Waals surface area contributed by atoms with Crippen LogP contribution in [0.4, 0.5) is 5.69 Å². The summed E-state index contributed by atoms with van der Waals surface area (Å²) >= 11 is 7.26. The summed E-state index contributed by atoms with van der Waals surface area (Å²) in [6.07, 6.45) is 1.39. The highest BCUT2D eigenvalue weighted by Crippen LogP contribution is 2.22. The normalized spacial score (nSPS) is 14.1. The van der Waals surface area contributed by atoms with Gasteiger partial charge in [-0.3, -0.25) is 4.79 Å². The Bertz CT molecular complexity index is 1000. The van der Waals surface area contributed by atoms with Gasteiger partial charge in [-0.15, -0.1) is 16.4 Å². The summed E-state index contributed by atoms with van der Waals surface area (Å²) in [6.45, 7) is 2.18. The van der Waals surface area contributed by atoms with Crippen molar-refractivity contribution in [2.24, 2.45) is 0 Å². The summed E-state index contributed by atoms with van der Waals surface area (Å²) in [4.78, 5) is 29.1. The predicted molar refractivity (Wildman–Crippen MR) is 108 cm³/mol. The Morgan fingerprint density at radius 2 is 2.00 bits per heavy atom. The van der Waals surface area contributed by atoms with E-state index in [-0.39, 0.29) is 12.5 Å². The van der Waals surface area contributed by atoms with E-state index in [0.29, 0.717) is 41.8 Å². The van der Waals surface area contributed by atoms with Crippen LogP contribution in [0.3, 0.4) is 0 Å². The lowest BCUT2D eigenvalue weighted by atomic mass is 10.2. The molecule has 0 bridgehead atoms. The minimum Gasteiger partial charge on any atom is -0.451 e. The van der Waals surface area contributed by atoms with Crippen LogP contribution in [-0.4, -0.2) is 69.8 Å². The van der Waals surface area contributed by atoms with Crippen LogP contribution in [0.15, 0.2) is 42.0 Å². The van der Waals surface area contributed by atoms with Crippen LogP contribution in [0.5, 0.6) is 0 Å². The fraction of sp³-hybridized carbons (Fsp3) is 0.278. The number of amides is 1. The van der Waals surface area contributed by atoms with Gasteiger partial charge in [0.05, 0.1) is 5.69 Å². The summed E-state index contributed by atoms with van der Waals surface area (Å²) in [6, 6.07) is 9.35. The first-order valence-electron chi connectivity index (χ1n) is 8.88. The highest BCUT2D eigenvalue weighted by Gasteiger charge is 2.24. The van der Waals surface area contributed by atoms with E-state index in [0.717, 1.165) is 5.69 Å². The molecule has 1 aromatic carbocycles. The Kier molecular flexibility index (Phi) is 5.72. The number of rotatable bonds is 5. The molecule has 1 aliphatic rings. The van der Waals surface area contributed by atoms with Crippen molar-refractivity contribution in [1.29, 1.82) is 0 Å². The Morgan fingerprint density at radius 1 is 1.17 bits per heavy atom. The molecular formula is C18H17ClN6O3S. The molecule has 0 spiro atoms. The Hall–Kier alpha value is -2.98. The standard InChI is InChI=1S/C18H17ClN6O3S/c19-13-2-1-3-14(10-13)23-5-7-24(8-6-23)16(26)11-28-18(27)17-15(4-9-29-17)25-12-20-21-22-25/h1-4,9-10,12H,5-8,11H2. The summed E-state index contributed by atoms with van der Waals surface area (Å²) < 4.78 is 6.61. The van der Waals surface area contributed by atoms with Crippen molar-refractivity contribution in [3.8, 4) is 5.69 Å². The minimum absolute atomic E-state index is 0.218. The number of halogens is 1. The third-order valence-electron chi connectivity index (χ3n) is 4.56. The maximum absolute atomic E-state index is 12.5. The molecule has 4 rings (SSSR count). The molecule has 0 aliphatic carbocycles. The number of hydrogen-bond donors (Lipinski definition) is 0. The number of carbonyl (C=O) groups excluding carboxylic acids is 2. The molecule has 9 nitrogen and oxygen atoms in total. The van der Waals surface area contributed by atoms with Gasteiger partial charge in [-0.05, 0) is 40.1 Å². The van der Waals surface area contributed by atoms with E-state index in [1.54, 1.807) is 16.3 Å². The molecule has 1 saturated heterocycles. The molecule has 0 atom stereocenters. The zero-order chi connectivity index (χ0) is 20.2. The minimum atomic E-state index is -0.573. The number of nitrogens with zero attached hydrogens (tertiary/aromatic N) is 6. The summed E-state index contributed by atoms with van der Waals surface area (Å²) in [5, 5.41) is 13.3. The number of esters is 1. The van der Waals surface area contributed by atoms with Gasteiger partial charge in [-0.25, -0.2) is 4.79 Å². The van der Waals surface area contributed by atoms with E-state index in [4.69, 9.17) is 16.3 Å². The molecule has 0 unspecified atom stereocenters. The second kappa shape index (κ2) is 8.58. The van der Waals surface area contributed by atoms with E-state index >= 15 is 0 Å². The number of benzene rings is 1. The number of anilines is 1. The van der Waals surface area contributed by atoms with Gasteiger partial charge in [0.2, 0.25) is 0 Å². The van der Waals surface area contributed by atoms with Crippen LogP contribution < -0.4 is 4.90 Å². The number of piperazine rings is 1. The van der Waals surface area contributed by atoms with Gasteiger partial charge in [0.15, 0.2) is 6.61 Å². The van der Waals surface area contributed by atoms with Gasteiger partial charge in [0, 0.05) is 36.9 Å². The molecule has 0 radical (unpaired) electrons. The fourth-order valence-electron chi connectivity index (χ4n) is 3.08. The van der Waals surface area contributed by atoms with Gasteiger partial charge in [0.25, 0.3) is 5.91 Å². The van der Waals surface area contributed by atoms with Crippen LogP contribution in [-0.2, 0) is 9.53 Å². The molecule has 0 saturated carbocycles. The van der Waals surface area contributed by atoms with Crippen molar-refractivity contribution in [2.75, 3.05) is 37.7 Å². The third-order valence-corrected chi connectivity index (χ3v) is 5.68. The lowest BCUT2D eigenvalue weighted by molar-refractivity contribution is -0.134. The van der Waals surface area contributed by atoms with Crippen LogP contribution in [0.25, 0.3) is 5.69 Å². The Morgan fingerprint density at radius 3 is 2.72 bits per heavy atom. The number of hydrogen-bond acceptors (Lipinski definition) is 8. The SMILES string of the molecule is O=C(OCC(=O)N1CCN(c2cccc(Cl)c2)CC1)c1sccc1-n1cnnn1. The molecule has 2 aromatic heterocycles. The van der Waals surface area contributed by atoms with Crippen LogP contribution in [0, 0.1) is 0 Å². The zero-order valence-corrected chi connectivity index (χ0v) is 16.8. The van der Waals surface area contributed by atoms with Gasteiger partial charge in [-0.2, -0.15) is 4.68 Å². The first-order valence-corrected chi connectivity index (χ1v) is 10.1. The zero-order valence-electron chi connectivity index (χ0n) is 15.3.